The Morgan fingerprint density at radius 2 is 2.06 bits per heavy atom. The van der Waals surface area contributed by atoms with Crippen LogP contribution in [-0.2, 0) is 9.84 Å². The molecule has 0 saturated heterocycles. The minimum absolute atomic E-state index is 0.0666. The predicted molar refractivity (Wildman–Crippen MR) is 66.2 cm³/mol. The summed E-state index contributed by atoms with van der Waals surface area (Å²) in [7, 11) is -3.24. The average Bonchev–Trinajstić information content (AvgIpc) is 2.30. The molecule has 0 atom stereocenters. The molecule has 0 N–H and O–H groups in total. The van der Waals surface area contributed by atoms with Gasteiger partial charge >= 0.3 is 0 Å². The minimum atomic E-state index is -3.24. The number of rotatable bonds is 6. The molecule has 1 aromatic carbocycles. The van der Waals surface area contributed by atoms with Gasteiger partial charge in [0.1, 0.15) is 6.61 Å². The molecule has 0 amide bonds. The highest BCUT2D eigenvalue weighted by Crippen LogP contribution is 2.21. The van der Waals surface area contributed by atoms with Gasteiger partial charge in [0.2, 0.25) is 0 Å². The number of sulfone groups is 1. The van der Waals surface area contributed by atoms with E-state index in [0.717, 1.165) is 6.07 Å². The molecule has 4 nitrogen and oxygen atoms in total. The molecule has 0 unspecified atom stereocenters. The summed E-state index contributed by atoms with van der Waals surface area (Å²) in [6.45, 7) is 2.95. The first-order valence-electron chi connectivity index (χ1n) is 5.46. The van der Waals surface area contributed by atoms with Gasteiger partial charge in [0.15, 0.2) is 27.7 Å². The van der Waals surface area contributed by atoms with Crippen molar-refractivity contribution < 1.29 is 22.3 Å². The van der Waals surface area contributed by atoms with Gasteiger partial charge in [0.25, 0.3) is 0 Å². The van der Waals surface area contributed by atoms with E-state index in [1.165, 1.54) is 12.1 Å². The van der Waals surface area contributed by atoms with Gasteiger partial charge in [0, 0.05) is 0 Å². The summed E-state index contributed by atoms with van der Waals surface area (Å²) >= 11 is 0. The highest BCUT2D eigenvalue weighted by Gasteiger charge is 2.17. The molecule has 0 saturated carbocycles. The van der Waals surface area contributed by atoms with E-state index in [-0.39, 0.29) is 23.7 Å². The van der Waals surface area contributed by atoms with Crippen LogP contribution in [0.15, 0.2) is 18.2 Å². The standard InChI is InChI=1S/C12H15FO4S/c1-9(2)18(15,16)7-6-17-12-10(8-14)4-3-5-11(12)13/h3-5,8-9H,6-7H2,1-2H3. The summed E-state index contributed by atoms with van der Waals surface area (Å²) in [5.41, 5.74) is 0.0666. The van der Waals surface area contributed by atoms with Crippen LogP contribution in [0.2, 0.25) is 0 Å². The summed E-state index contributed by atoms with van der Waals surface area (Å²) in [4.78, 5) is 10.7. The maximum atomic E-state index is 13.4. The molecule has 0 aliphatic carbocycles. The molecule has 0 aliphatic heterocycles. The van der Waals surface area contributed by atoms with E-state index in [2.05, 4.69) is 0 Å². The Labute approximate surface area is 106 Å². The van der Waals surface area contributed by atoms with Gasteiger partial charge in [-0.15, -0.1) is 0 Å². The van der Waals surface area contributed by atoms with Crippen LogP contribution in [0.4, 0.5) is 4.39 Å². The lowest BCUT2D eigenvalue weighted by atomic mass is 10.2. The molecular weight excluding hydrogens is 259 g/mol. The Hall–Kier alpha value is -1.43. The van der Waals surface area contributed by atoms with Crippen LogP contribution in [0, 0.1) is 5.82 Å². The molecule has 1 rings (SSSR count). The van der Waals surface area contributed by atoms with Gasteiger partial charge < -0.3 is 4.74 Å². The zero-order valence-electron chi connectivity index (χ0n) is 10.2. The Bertz CT molecular complexity index is 523. The fourth-order valence-corrected chi connectivity index (χ4v) is 2.05. The van der Waals surface area contributed by atoms with E-state index in [9.17, 15) is 17.6 Å². The minimum Gasteiger partial charge on any atom is -0.489 e. The van der Waals surface area contributed by atoms with E-state index < -0.39 is 20.9 Å². The Morgan fingerprint density at radius 1 is 1.39 bits per heavy atom. The topological polar surface area (TPSA) is 60.4 Å². The number of ether oxygens (including phenoxy) is 1. The lowest BCUT2D eigenvalue weighted by molar-refractivity contribution is 0.111. The van der Waals surface area contributed by atoms with Crippen molar-refractivity contribution in [2.75, 3.05) is 12.4 Å². The van der Waals surface area contributed by atoms with E-state index in [1.54, 1.807) is 13.8 Å². The first kappa shape index (κ1) is 14.6. The highest BCUT2D eigenvalue weighted by molar-refractivity contribution is 7.91. The maximum absolute atomic E-state index is 13.4. The Balaban J connectivity index is 2.73. The van der Waals surface area contributed by atoms with Gasteiger partial charge in [-0.2, -0.15) is 0 Å². The highest BCUT2D eigenvalue weighted by atomic mass is 32.2. The number of aldehydes is 1. The van der Waals surface area contributed by atoms with Crippen LogP contribution < -0.4 is 4.74 Å². The lowest BCUT2D eigenvalue weighted by Crippen LogP contribution is -2.22. The Kier molecular flexibility index (Phi) is 4.84. The SMILES string of the molecule is CC(C)S(=O)(=O)CCOc1c(F)cccc1C=O. The molecule has 0 bridgehead atoms. The molecular formula is C12H15FO4S. The second-order valence-electron chi connectivity index (χ2n) is 4.04. The molecule has 0 fully saturated rings. The van der Waals surface area contributed by atoms with Crippen molar-refractivity contribution in [1.29, 1.82) is 0 Å². The van der Waals surface area contributed by atoms with Gasteiger partial charge in [-0.05, 0) is 26.0 Å². The molecule has 0 aromatic heterocycles. The van der Waals surface area contributed by atoms with Crippen molar-refractivity contribution in [1.82, 2.24) is 0 Å². The normalized spacial score (nSPS) is 11.6. The van der Waals surface area contributed by atoms with Crippen molar-refractivity contribution >= 4 is 16.1 Å². The van der Waals surface area contributed by atoms with Gasteiger partial charge in [0.05, 0.1) is 16.6 Å². The third-order valence-electron chi connectivity index (χ3n) is 2.46. The molecule has 0 radical (unpaired) electrons. The van der Waals surface area contributed by atoms with Crippen LogP contribution in [0.5, 0.6) is 5.75 Å². The molecule has 6 heteroatoms. The summed E-state index contributed by atoms with van der Waals surface area (Å²) in [6.07, 6.45) is 0.468. The summed E-state index contributed by atoms with van der Waals surface area (Å²) in [6, 6.07) is 3.94. The van der Waals surface area contributed by atoms with Crippen LogP contribution in [0.25, 0.3) is 0 Å². The number of para-hydroxylation sites is 1. The third-order valence-corrected chi connectivity index (χ3v) is 4.63. The van der Waals surface area contributed by atoms with E-state index in [1.807, 2.05) is 0 Å². The number of halogens is 1. The zero-order valence-corrected chi connectivity index (χ0v) is 11.0. The van der Waals surface area contributed by atoms with E-state index >= 15 is 0 Å². The summed E-state index contributed by atoms with van der Waals surface area (Å²) < 4.78 is 41.5. The zero-order chi connectivity index (χ0) is 13.8. The van der Waals surface area contributed by atoms with Crippen molar-refractivity contribution in [2.45, 2.75) is 19.1 Å². The van der Waals surface area contributed by atoms with Crippen LogP contribution >= 0.6 is 0 Å². The number of hydrogen-bond acceptors (Lipinski definition) is 4. The Morgan fingerprint density at radius 3 is 2.61 bits per heavy atom. The van der Waals surface area contributed by atoms with Gasteiger partial charge in [-0.25, -0.2) is 12.8 Å². The second kappa shape index (κ2) is 5.95. The van der Waals surface area contributed by atoms with Gasteiger partial charge in [-0.1, -0.05) is 6.07 Å². The van der Waals surface area contributed by atoms with E-state index in [4.69, 9.17) is 4.74 Å². The maximum Gasteiger partial charge on any atom is 0.165 e. The monoisotopic (exact) mass is 274 g/mol. The second-order valence-corrected chi connectivity index (χ2v) is 6.72. The lowest BCUT2D eigenvalue weighted by Gasteiger charge is -2.11. The van der Waals surface area contributed by atoms with Crippen LogP contribution in [-0.4, -0.2) is 32.3 Å². The summed E-state index contributed by atoms with van der Waals surface area (Å²) in [5, 5.41) is -0.507. The first-order valence-corrected chi connectivity index (χ1v) is 7.18. The van der Waals surface area contributed by atoms with Crippen LogP contribution in [0.3, 0.4) is 0 Å². The number of benzene rings is 1. The van der Waals surface area contributed by atoms with Crippen molar-refractivity contribution in [3.05, 3.63) is 29.6 Å². The van der Waals surface area contributed by atoms with E-state index in [0.29, 0.717) is 6.29 Å². The third kappa shape index (κ3) is 3.53. The molecule has 1 aromatic rings. The fraction of sp³-hybridized carbons (Fsp3) is 0.417. The number of carbonyl (C=O) groups excluding carboxylic acids is 1. The number of carbonyl (C=O) groups is 1. The smallest absolute Gasteiger partial charge is 0.165 e. The molecule has 0 spiro atoms. The molecule has 0 heterocycles. The fourth-order valence-electron chi connectivity index (χ4n) is 1.27. The van der Waals surface area contributed by atoms with Crippen molar-refractivity contribution in [3.63, 3.8) is 0 Å². The molecule has 0 aliphatic rings. The molecule has 18 heavy (non-hydrogen) atoms. The van der Waals surface area contributed by atoms with Crippen LogP contribution in [0.1, 0.15) is 24.2 Å². The summed E-state index contributed by atoms with van der Waals surface area (Å²) in [5.74, 6) is -1.09. The predicted octanol–water partition coefficient (Wildman–Crippen LogP) is 1.84. The van der Waals surface area contributed by atoms with Crippen molar-refractivity contribution in [2.24, 2.45) is 0 Å². The average molecular weight is 274 g/mol. The molecule has 100 valence electrons. The quantitative estimate of drug-likeness (QED) is 0.743. The number of hydrogen-bond donors (Lipinski definition) is 0. The first-order chi connectivity index (χ1) is 8.38. The van der Waals surface area contributed by atoms with Crippen molar-refractivity contribution in [3.8, 4) is 5.75 Å². The van der Waals surface area contributed by atoms with Gasteiger partial charge in [-0.3, -0.25) is 4.79 Å². The largest absolute Gasteiger partial charge is 0.489 e.